The molecule has 0 aliphatic heterocycles. The van der Waals surface area contributed by atoms with Crippen LogP contribution in [0.15, 0.2) is 18.5 Å². The number of aromatic carboxylic acids is 1. The summed E-state index contributed by atoms with van der Waals surface area (Å²) in [6, 6.07) is 1.53. The minimum atomic E-state index is -1.01. The third-order valence-corrected chi connectivity index (χ3v) is 3.96. The van der Waals surface area contributed by atoms with Crippen molar-refractivity contribution >= 4 is 39.8 Å². The van der Waals surface area contributed by atoms with Gasteiger partial charge in [0.2, 0.25) is 0 Å². The smallest absolute Gasteiger partial charge is 0.337 e. The zero-order valence-electron chi connectivity index (χ0n) is 12.7. The lowest BCUT2D eigenvalue weighted by Crippen LogP contribution is -2.04. The zero-order chi connectivity index (χ0) is 16.4. The first-order chi connectivity index (χ1) is 11.0. The quantitative estimate of drug-likeness (QED) is 0.773. The molecule has 0 fully saturated rings. The van der Waals surface area contributed by atoms with E-state index in [9.17, 15) is 4.79 Å². The van der Waals surface area contributed by atoms with Crippen molar-refractivity contribution in [1.82, 2.24) is 25.0 Å². The van der Waals surface area contributed by atoms with Gasteiger partial charge in [-0.15, -0.1) is 5.10 Å². The Balaban J connectivity index is 1.80. The molecule has 0 spiro atoms. The Bertz CT molecular complexity index is 881. The molecule has 0 atom stereocenters. The minimum Gasteiger partial charge on any atom is -0.478 e. The molecule has 3 aromatic rings. The highest BCUT2D eigenvalue weighted by molar-refractivity contribution is 7.18. The van der Waals surface area contributed by atoms with E-state index < -0.39 is 5.97 Å². The molecule has 118 valence electrons. The summed E-state index contributed by atoms with van der Waals surface area (Å²) >= 11 is 1.40. The zero-order valence-corrected chi connectivity index (χ0v) is 13.5. The van der Waals surface area contributed by atoms with Crippen LogP contribution in [0, 0.1) is 5.92 Å². The van der Waals surface area contributed by atoms with Crippen LogP contribution >= 0.6 is 11.3 Å². The fourth-order valence-corrected chi connectivity index (χ4v) is 2.83. The van der Waals surface area contributed by atoms with Gasteiger partial charge in [-0.1, -0.05) is 30.4 Å². The van der Waals surface area contributed by atoms with Crippen LogP contribution in [0.4, 0.5) is 0 Å². The van der Waals surface area contributed by atoms with Crippen molar-refractivity contribution in [2.45, 2.75) is 20.4 Å². The van der Waals surface area contributed by atoms with Gasteiger partial charge in [-0.05, 0) is 24.1 Å². The van der Waals surface area contributed by atoms with Crippen LogP contribution in [0.1, 0.15) is 34.9 Å². The van der Waals surface area contributed by atoms with Gasteiger partial charge in [0.25, 0.3) is 0 Å². The molecule has 8 heteroatoms. The average Bonchev–Trinajstić information content (AvgIpc) is 3.09. The van der Waals surface area contributed by atoms with Crippen LogP contribution in [0.3, 0.4) is 0 Å². The molecule has 3 heterocycles. The van der Waals surface area contributed by atoms with Gasteiger partial charge in [0.1, 0.15) is 21.0 Å². The van der Waals surface area contributed by atoms with E-state index in [2.05, 4.69) is 34.1 Å². The average molecular weight is 329 g/mol. The van der Waals surface area contributed by atoms with E-state index >= 15 is 0 Å². The molecule has 1 N–H and O–H groups in total. The number of carbonyl (C=O) groups is 1. The number of nitrogens with zero attached hydrogens (tertiary/aromatic N) is 5. The van der Waals surface area contributed by atoms with Gasteiger partial charge in [0.15, 0.2) is 0 Å². The molecule has 0 amide bonds. The number of hydrogen-bond acceptors (Lipinski definition) is 6. The maximum absolute atomic E-state index is 10.9. The van der Waals surface area contributed by atoms with Crippen molar-refractivity contribution in [2.24, 2.45) is 5.92 Å². The summed E-state index contributed by atoms with van der Waals surface area (Å²) in [4.78, 5) is 20.2. The number of rotatable bonds is 5. The van der Waals surface area contributed by atoms with Crippen LogP contribution in [-0.4, -0.2) is 36.0 Å². The Morgan fingerprint density at radius 2 is 2.26 bits per heavy atom. The van der Waals surface area contributed by atoms with Gasteiger partial charge >= 0.3 is 5.97 Å². The highest BCUT2D eigenvalue weighted by Crippen LogP contribution is 2.22. The summed E-state index contributed by atoms with van der Waals surface area (Å²) in [7, 11) is 0. The van der Waals surface area contributed by atoms with Crippen molar-refractivity contribution < 1.29 is 9.90 Å². The predicted octanol–water partition coefficient (Wildman–Crippen LogP) is 2.81. The van der Waals surface area contributed by atoms with E-state index in [0.717, 1.165) is 17.2 Å². The third-order valence-electron chi connectivity index (χ3n) is 3.02. The summed E-state index contributed by atoms with van der Waals surface area (Å²) in [6.07, 6.45) is 6.88. The van der Waals surface area contributed by atoms with Crippen LogP contribution in [0.5, 0.6) is 0 Å². The standard InChI is InChI=1S/C15H15N5O2S/c1-9(2)7-20-8-11(18-19-20)3-4-13-17-12-5-10(15(21)22)6-16-14(12)23-13/h3-6,8-9H,7H2,1-2H3,(H,21,22)/b4-3+. The highest BCUT2D eigenvalue weighted by Gasteiger charge is 2.08. The Morgan fingerprint density at radius 1 is 1.43 bits per heavy atom. The van der Waals surface area contributed by atoms with Gasteiger partial charge in [0.05, 0.1) is 11.8 Å². The number of aromatic nitrogens is 5. The van der Waals surface area contributed by atoms with E-state index in [0.29, 0.717) is 16.3 Å². The summed E-state index contributed by atoms with van der Waals surface area (Å²) in [5.41, 5.74) is 1.47. The van der Waals surface area contributed by atoms with Crippen LogP contribution < -0.4 is 0 Å². The second kappa shape index (κ2) is 6.25. The first-order valence-electron chi connectivity index (χ1n) is 7.09. The number of carboxylic acids is 1. The van der Waals surface area contributed by atoms with E-state index in [4.69, 9.17) is 5.11 Å². The molecule has 3 aromatic heterocycles. The van der Waals surface area contributed by atoms with Crippen LogP contribution in [0.25, 0.3) is 22.5 Å². The summed E-state index contributed by atoms with van der Waals surface area (Å²) in [5, 5.41) is 17.9. The van der Waals surface area contributed by atoms with Gasteiger partial charge in [0, 0.05) is 12.7 Å². The first kappa shape index (κ1) is 15.3. The molecule has 23 heavy (non-hydrogen) atoms. The Morgan fingerprint density at radius 3 is 3.00 bits per heavy atom. The second-order valence-corrected chi connectivity index (χ2v) is 6.51. The largest absolute Gasteiger partial charge is 0.478 e. The van der Waals surface area contributed by atoms with Crippen LogP contribution in [0.2, 0.25) is 0 Å². The van der Waals surface area contributed by atoms with E-state index in [1.165, 1.54) is 23.6 Å². The fourth-order valence-electron chi connectivity index (χ4n) is 2.04. The van der Waals surface area contributed by atoms with Gasteiger partial charge in [-0.3, -0.25) is 4.68 Å². The normalized spacial score (nSPS) is 11.8. The van der Waals surface area contributed by atoms with Crippen molar-refractivity contribution in [2.75, 3.05) is 0 Å². The molecule has 0 saturated carbocycles. The predicted molar refractivity (Wildman–Crippen MR) is 88.2 cm³/mol. The molecule has 7 nitrogen and oxygen atoms in total. The van der Waals surface area contributed by atoms with Crippen molar-refractivity contribution in [3.63, 3.8) is 0 Å². The van der Waals surface area contributed by atoms with Crippen molar-refractivity contribution in [3.05, 3.63) is 34.7 Å². The molecule has 0 aliphatic rings. The second-order valence-electron chi connectivity index (χ2n) is 5.50. The Labute approximate surface area is 136 Å². The maximum Gasteiger partial charge on any atom is 0.337 e. The molecule has 0 saturated heterocycles. The van der Waals surface area contributed by atoms with Gasteiger partial charge in [-0.25, -0.2) is 14.8 Å². The molecule has 0 aliphatic carbocycles. The lowest BCUT2D eigenvalue weighted by Gasteiger charge is -2.01. The van der Waals surface area contributed by atoms with Crippen molar-refractivity contribution in [3.8, 4) is 0 Å². The molecule has 0 radical (unpaired) electrons. The highest BCUT2D eigenvalue weighted by atomic mass is 32.1. The Hall–Kier alpha value is -2.61. The topological polar surface area (TPSA) is 93.8 Å². The number of hydrogen-bond donors (Lipinski definition) is 1. The molecule has 0 bridgehead atoms. The number of thiazole rings is 1. The van der Waals surface area contributed by atoms with Gasteiger partial charge < -0.3 is 5.11 Å². The summed E-state index contributed by atoms with van der Waals surface area (Å²) in [5.74, 6) is -0.501. The molecular weight excluding hydrogens is 314 g/mol. The Kier molecular flexibility index (Phi) is 4.16. The van der Waals surface area contributed by atoms with Gasteiger partial charge in [-0.2, -0.15) is 0 Å². The number of carboxylic acid groups (broad SMARTS) is 1. The first-order valence-corrected chi connectivity index (χ1v) is 7.91. The maximum atomic E-state index is 10.9. The molecular formula is C15H15N5O2S. The lowest BCUT2D eigenvalue weighted by molar-refractivity contribution is 0.0696. The van der Waals surface area contributed by atoms with Crippen LogP contribution in [-0.2, 0) is 6.54 Å². The molecule has 0 aromatic carbocycles. The fraction of sp³-hybridized carbons (Fsp3) is 0.267. The van der Waals surface area contributed by atoms with E-state index in [-0.39, 0.29) is 5.56 Å². The van der Waals surface area contributed by atoms with Crippen molar-refractivity contribution in [1.29, 1.82) is 0 Å². The third kappa shape index (κ3) is 3.59. The number of pyridine rings is 1. The lowest BCUT2D eigenvalue weighted by atomic mass is 10.2. The molecule has 3 rings (SSSR count). The molecule has 0 unspecified atom stereocenters. The van der Waals surface area contributed by atoms with E-state index in [1.807, 2.05) is 23.0 Å². The number of fused-ring (bicyclic) bond motifs is 1. The summed E-state index contributed by atoms with van der Waals surface area (Å²) < 4.78 is 1.81. The minimum absolute atomic E-state index is 0.134. The van der Waals surface area contributed by atoms with E-state index in [1.54, 1.807) is 0 Å². The summed E-state index contributed by atoms with van der Waals surface area (Å²) in [6.45, 7) is 5.07. The monoisotopic (exact) mass is 329 g/mol. The SMILES string of the molecule is CC(C)Cn1cc(/C=C/c2nc3cc(C(=O)O)cnc3s2)nn1.